The Kier molecular flexibility index (Phi) is 8.96. The predicted molar refractivity (Wildman–Crippen MR) is 126 cm³/mol. The van der Waals surface area contributed by atoms with E-state index in [1.807, 2.05) is 6.92 Å². The highest BCUT2D eigenvalue weighted by atomic mass is 35.5. The number of aliphatic hydroxyl groups excluding tert-OH is 2. The number of carbonyl (C=O) groups is 2. The molecule has 1 aromatic rings. The number of aliphatic hydroxyl groups is 2. The van der Waals surface area contributed by atoms with E-state index in [1.54, 1.807) is 34.1 Å². The zero-order valence-electron chi connectivity index (χ0n) is 18.3. The second-order valence-electron chi connectivity index (χ2n) is 8.52. The van der Waals surface area contributed by atoms with E-state index in [2.05, 4.69) is 4.90 Å². The van der Waals surface area contributed by atoms with Gasteiger partial charge in [0.2, 0.25) is 11.8 Å². The Hall–Kier alpha value is -1.64. The summed E-state index contributed by atoms with van der Waals surface area (Å²) in [5.41, 5.74) is 0.764. The highest BCUT2D eigenvalue weighted by Gasteiger charge is 2.29. The van der Waals surface area contributed by atoms with Crippen LogP contribution in [-0.4, -0.2) is 94.2 Å². The van der Waals surface area contributed by atoms with Crippen LogP contribution < -0.4 is 0 Å². The number of rotatable bonds is 6. The third-order valence-electron chi connectivity index (χ3n) is 6.22. The maximum absolute atomic E-state index is 12.6. The molecule has 7 nitrogen and oxygen atoms in total. The maximum atomic E-state index is 12.6. The lowest BCUT2D eigenvalue weighted by atomic mass is 10.00. The van der Waals surface area contributed by atoms with E-state index in [0.717, 1.165) is 24.9 Å². The van der Waals surface area contributed by atoms with Crippen LogP contribution in [-0.2, 0) is 9.59 Å². The molecule has 2 N–H and O–H groups in total. The highest BCUT2D eigenvalue weighted by Crippen LogP contribution is 2.23. The summed E-state index contributed by atoms with van der Waals surface area (Å²) in [5, 5.41) is 21.5. The fourth-order valence-corrected chi connectivity index (χ4v) is 4.51. The van der Waals surface area contributed by atoms with Gasteiger partial charge in [-0.15, -0.1) is 0 Å². The lowest BCUT2D eigenvalue weighted by Crippen LogP contribution is -2.51. The molecule has 1 aromatic carbocycles. The van der Waals surface area contributed by atoms with Gasteiger partial charge in [0.1, 0.15) is 0 Å². The SMILES string of the molecule is C[C@@H]1[C@@H](O)CCCN1CC(O)CN1CCN(C(=O)C=Cc2ccc(Cl)c(Cl)c2)CCC1=O. The molecule has 32 heavy (non-hydrogen) atoms. The number of amides is 2. The highest BCUT2D eigenvalue weighted by molar-refractivity contribution is 6.42. The molecular formula is C23H31Cl2N3O4. The van der Waals surface area contributed by atoms with E-state index in [9.17, 15) is 19.8 Å². The zero-order valence-corrected chi connectivity index (χ0v) is 19.8. The van der Waals surface area contributed by atoms with Gasteiger partial charge in [-0.05, 0) is 50.1 Å². The second kappa shape index (κ2) is 11.5. The molecule has 2 saturated heterocycles. The van der Waals surface area contributed by atoms with Crippen molar-refractivity contribution in [1.82, 2.24) is 14.7 Å². The molecule has 2 aliphatic heterocycles. The van der Waals surface area contributed by atoms with E-state index in [1.165, 1.54) is 6.08 Å². The van der Waals surface area contributed by atoms with Gasteiger partial charge in [0.05, 0.1) is 22.3 Å². The van der Waals surface area contributed by atoms with Crippen molar-refractivity contribution in [3.8, 4) is 0 Å². The largest absolute Gasteiger partial charge is 0.392 e. The summed E-state index contributed by atoms with van der Waals surface area (Å²) in [6.07, 6.45) is 3.95. The van der Waals surface area contributed by atoms with Gasteiger partial charge in [-0.3, -0.25) is 14.5 Å². The first kappa shape index (κ1) is 25.0. The van der Waals surface area contributed by atoms with E-state index in [4.69, 9.17) is 23.2 Å². The molecular weight excluding hydrogens is 453 g/mol. The van der Waals surface area contributed by atoms with Crippen molar-refractivity contribution < 1.29 is 19.8 Å². The number of piperidine rings is 1. The van der Waals surface area contributed by atoms with E-state index >= 15 is 0 Å². The van der Waals surface area contributed by atoms with Crippen molar-refractivity contribution in [2.75, 3.05) is 39.3 Å². The molecule has 2 aliphatic rings. The van der Waals surface area contributed by atoms with Gasteiger partial charge in [0.25, 0.3) is 0 Å². The van der Waals surface area contributed by atoms with Gasteiger partial charge in [0.15, 0.2) is 0 Å². The summed E-state index contributed by atoms with van der Waals surface area (Å²) in [6.45, 7) is 4.54. The lowest BCUT2D eigenvalue weighted by Gasteiger charge is -2.38. The van der Waals surface area contributed by atoms with Crippen molar-refractivity contribution >= 4 is 41.1 Å². The quantitative estimate of drug-likeness (QED) is 0.606. The van der Waals surface area contributed by atoms with Crippen LogP contribution in [0.25, 0.3) is 6.08 Å². The number of carbonyl (C=O) groups excluding carboxylic acids is 2. The molecule has 9 heteroatoms. The van der Waals surface area contributed by atoms with E-state index in [0.29, 0.717) is 36.2 Å². The minimum Gasteiger partial charge on any atom is -0.392 e. The van der Waals surface area contributed by atoms with Crippen molar-refractivity contribution in [2.45, 2.75) is 44.4 Å². The smallest absolute Gasteiger partial charge is 0.246 e. The summed E-state index contributed by atoms with van der Waals surface area (Å²) < 4.78 is 0. The van der Waals surface area contributed by atoms with Crippen LogP contribution in [0.15, 0.2) is 24.3 Å². The molecule has 0 radical (unpaired) electrons. The summed E-state index contributed by atoms with van der Waals surface area (Å²) in [6, 6.07) is 5.13. The van der Waals surface area contributed by atoms with Crippen LogP contribution in [0.5, 0.6) is 0 Å². The molecule has 2 amide bonds. The molecule has 0 saturated carbocycles. The molecule has 2 heterocycles. The first-order chi connectivity index (χ1) is 15.2. The van der Waals surface area contributed by atoms with Crippen molar-refractivity contribution in [2.24, 2.45) is 0 Å². The number of hydrogen-bond donors (Lipinski definition) is 2. The van der Waals surface area contributed by atoms with Crippen LogP contribution >= 0.6 is 23.2 Å². The van der Waals surface area contributed by atoms with Gasteiger partial charge >= 0.3 is 0 Å². The van der Waals surface area contributed by atoms with Gasteiger partial charge in [-0.25, -0.2) is 0 Å². The first-order valence-corrected chi connectivity index (χ1v) is 11.8. The van der Waals surface area contributed by atoms with Crippen molar-refractivity contribution in [1.29, 1.82) is 0 Å². The Morgan fingerprint density at radius 1 is 1.19 bits per heavy atom. The first-order valence-electron chi connectivity index (χ1n) is 11.0. The number of β-amino-alcohol motifs (C(OH)–C–C–N with tert-alkyl or cyclic N) is 1. The zero-order chi connectivity index (χ0) is 23.3. The Bertz CT molecular complexity index is 851. The monoisotopic (exact) mass is 483 g/mol. The maximum Gasteiger partial charge on any atom is 0.246 e. The van der Waals surface area contributed by atoms with Crippen molar-refractivity contribution in [3.05, 3.63) is 39.9 Å². The summed E-state index contributed by atoms with van der Waals surface area (Å²) in [5.74, 6) is -0.248. The topological polar surface area (TPSA) is 84.3 Å². The summed E-state index contributed by atoms with van der Waals surface area (Å²) in [7, 11) is 0. The van der Waals surface area contributed by atoms with Crippen LogP contribution in [0.3, 0.4) is 0 Å². The molecule has 0 aromatic heterocycles. The number of halogens is 2. The van der Waals surface area contributed by atoms with Crippen LogP contribution in [0.2, 0.25) is 10.0 Å². The Morgan fingerprint density at radius 2 is 1.97 bits per heavy atom. The average molecular weight is 484 g/mol. The summed E-state index contributed by atoms with van der Waals surface area (Å²) in [4.78, 5) is 30.5. The van der Waals surface area contributed by atoms with Crippen LogP contribution in [0.1, 0.15) is 31.7 Å². The third kappa shape index (κ3) is 6.68. The van der Waals surface area contributed by atoms with E-state index < -0.39 is 6.10 Å². The lowest BCUT2D eigenvalue weighted by molar-refractivity contribution is -0.132. The van der Waals surface area contributed by atoms with Crippen molar-refractivity contribution in [3.63, 3.8) is 0 Å². The third-order valence-corrected chi connectivity index (χ3v) is 6.96. The second-order valence-corrected chi connectivity index (χ2v) is 9.34. The van der Waals surface area contributed by atoms with Gasteiger partial charge in [-0.1, -0.05) is 29.3 Å². The Morgan fingerprint density at radius 3 is 2.72 bits per heavy atom. The van der Waals surface area contributed by atoms with Gasteiger partial charge < -0.3 is 20.0 Å². The minimum absolute atomic E-state index is 0.00587. The molecule has 0 bridgehead atoms. The number of benzene rings is 1. The minimum atomic E-state index is -0.705. The molecule has 176 valence electrons. The fraction of sp³-hybridized carbons (Fsp3) is 0.565. The predicted octanol–water partition coefficient (Wildman–Crippen LogP) is 2.27. The van der Waals surface area contributed by atoms with E-state index in [-0.39, 0.29) is 36.9 Å². The molecule has 2 fully saturated rings. The van der Waals surface area contributed by atoms with Gasteiger partial charge in [0, 0.05) is 51.3 Å². The normalized spacial score (nSPS) is 24.1. The average Bonchev–Trinajstić information content (AvgIpc) is 2.94. The van der Waals surface area contributed by atoms with Crippen LogP contribution in [0.4, 0.5) is 0 Å². The fourth-order valence-electron chi connectivity index (χ4n) is 4.20. The molecule has 1 unspecified atom stereocenters. The molecule has 3 atom stereocenters. The standard InChI is InChI=1S/C23H31Cl2N3O4/c1-16-21(30)3-2-9-27(16)14-18(29)15-28-12-11-26(10-8-23(28)32)22(31)7-5-17-4-6-19(24)20(25)13-17/h4-7,13,16,18,21,29-30H,2-3,8-12,14-15H2,1H3/t16-,18?,21+/m1/s1. The Balaban J connectivity index is 1.52. The molecule has 0 spiro atoms. The Labute approximate surface area is 199 Å². The number of likely N-dealkylation sites (tertiary alicyclic amines) is 1. The van der Waals surface area contributed by atoms with Crippen LogP contribution in [0, 0.1) is 0 Å². The summed E-state index contributed by atoms with van der Waals surface area (Å²) >= 11 is 11.9. The molecule has 0 aliphatic carbocycles. The van der Waals surface area contributed by atoms with Gasteiger partial charge in [-0.2, -0.15) is 0 Å². The number of hydrogen-bond acceptors (Lipinski definition) is 5. The number of nitrogens with zero attached hydrogens (tertiary/aromatic N) is 3. The molecule has 3 rings (SSSR count).